The Kier molecular flexibility index (Phi) is 3.60. The van der Waals surface area contributed by atoms with E-state index in [-0.39, 0.29) is 0 Å². The summed E-state index contributed by atoms with van der Waals surface area (Å²) in [5.74, 6) is 0.651. The van der Waals surface area contributed by atoms with Crippen LogP contribution < -0.4 is 5.32 Å². The third-order valence-corrected chi connectivity index (χ3v) is 5.13. The molecule has 0 unspecified atom stereocenters. The summed E-state index contributed by atoms with van der Waals surface area (Å²) in [6, 6.07) is 0. The van der Waals surface area contributed by atoms with Crippen LogP contribution in [0.5, 0.6) is 0 Å². The van der Waals surface area contributed by atoms with E-state index in [1.54, 1.807) is 0 Å². The summed E-state index contributed by atoms with van der Waals surface area (Å²) >= 11 is 0. The molecule has 18 heavy (non-hydrogen) atoms. The normalized spacial score (nSPS) is 29.2. The van der Waals surface area contributed by atoms with Crippen LogP contribution in [0.15, 0.2) is 0 Å². The number of rotatable bonds is 6. The van der Waals surface area contributed by atoms with E-state index < -0.39 is 0 Å². The molecule has 1 amide bonds. The molecule has 0 aromatic heterocycles. The van der Waals surface area contributed by atoms with E-state index in [2.05, 4.69) is 5.32 Å². The molecule has 1 spiro atoms. The number of hydrogen-bond acceptors (Lipinski definition) is 2. The van der Waals surface area contributed by atoms with Gasteiger partial charge in [0, 0.05) is 19.1 Å². The minimum atomic E-state index is 0.301. The third kappa shape index (κ3) is 2.56. The van der Waals surface area contributed by atoms with Crippen molar-refractivity contribution in [3.8, 4) is 0 Å². The van der Waals surface area contributed by atoms with Gasteiger partial charge < -0.3 is 10.1 Å². The first-order valence-electron chi connectivity index (χ1n) is 7.69. The summed E-state index contributed by atoms with van der Waals surface area (Å²) in [6.45, 7) is 1.60. The lowest BCUT2D eigenvalue weighted by molar-refractivity contribution is -0.123. The average Bonchev–Trinajstić information content (AvgIpc) is 2.91. The molecule has 1 atom stereocenters. The molecule has 0 aliphatic heterocycles. The third-order valence-electron chi connectivity index (χ3n) is 5.13. The predicted octanol–water partition coefficient (Wildman–Crippen LogP) is 2.64. The van der Waals surface area contributed by atoms with Gasteiger partial charge in [-0.2, -0.15) is 0 Å². The minimum absolute atomic E-state index is 0.301. The van der Waals surface area contributed by atoms with Crippen molar-refractivity contribution >= 4 is 5.91 Å². The molecule has 102 valence electrons. The first kappa shape index (κ1) is 12.5. The summed E-state index contributed by atoms with van der Waals surface area (Å²) in [7, 11) is 0. The smallest absolute Gasteiger partial charge is 0.223 e. The fraction of sp³-hybridized carbons (Fsp3) is 0.933. The second kappa shape index (κ2) is 5.20. The molecular formula is C15H25NO2. The van der Waals surface area contributed by atoms with E-state index in [0.717, 1.165) is 26.0 Å². The summed E-state index contributed by atoms with van der Waals surface area (Å²) in [4.78, 5) is 11.9. The van der Waals surface area contributed by atoms with Gasteiger partial charge in [-0.25, -0.2) is 0 Å². The highest BCUT2D eigenvalue weighted by molar-refractivity contribution is 5.82. The fourth-order valence-corrected chi connectivity index (χ4v) is 3.61. The molecule has 3 fully saturated rings. The number of hydrogen-bond donors (Lipinski definition) is 1. The largest absolute Gasteiger partial charge is 0.378 e. The maximum Gasteiger partial charge on any atom is 0.223 e. The van der Waals surface area contributed by atoms with Crippen LogP contribution in [-0.4, -0.2) is 25.2 Å². The Hall–Kier alpha value is -0.570. The molecular weight excluding hydrogens is 226 g/mol. The molecule has 0 aromatic rings. The van der Waals surface area contributed by atoms with Gasteiger partial charge in [0.2, 0.25) is 5.91 Å². The molecule has 0 saturated heterocycles. The van der Waals surface area contributed by atoms with Crippen LogP contribution >= 0.6 is 0 Å². The highest BCUT2D eigenvalue weighted by atomic mass is 16.5. The van der Waals surface area contributed by atoms with Crippen molar-refractivity contribution in [2.75, 3.05) is 13.2 Å². The molecule has 0 bridgehead atoms. The van der Waals surface area contributed by atoms with Crippen LogP contribution in [-0.2, 0) is 9.53 Å². The molecule has 0 radical (unpaired) electrons. The SMILES string of the molecule is O=C(NCCCOC1CCCC1)[C@@H]1CC12CCC2. The monoisotopic (exact) mass is 251 g/mol. The maximum absolute atomic E-state index is 11.9. The van der Waals surface area contributed by atoms with Gasteiger partial charge in [-0.05, 0) is 43.9 Å². The van der Waals surface area contributed by atoms with Gasteiger partial charge in [-0.15, -0.1) is 0 Å². The number of carbonyl (C=O) groups excluding carboxylic acids is 1. The maximum atomic E-state index is 11.9. The van der Waals surface area contributed by atoms with Crippen LogP contribution in [0.25, 0.3) is 0 Å². The molecule has 3 nitrogen and oxygen atoms in total. The summed E-state index contributed by atoms with van der Waals surface area (Å²) in [6.07, 6.45) is 11.6. The van der Waals surface area contributed by atoms with Crippen LogP contribution in [0.2, 0.25) is 0 Å². The average molecular weight is 251 g/mol. The van der Waals surface area contributed by atoms with Crippen LogP contribution in [0.3, 0.4) is 0 Å². The molecule has 3 heteroatoms. The van der Waals surface area contributed by atoms with Crippen molar-refractivity contribution in [1.82, 2.24) is 5.32 Å². The molecule has 0 heterocycles. The summed E-state index contributed by atoms with van der Waals surface area (Å²) in [5, 5.41) is 3.07. The van der Waals surface area contributed by atoms with Gasteiger partial charge in [0.25, 0.3) is 0 Å². The zero-order chi connectivity index (χ0) is 12.4. The highest BCUT2D eigenvalue weighted by Crippen LogP contribution is 2.65. The molecule has 3 saturated carbocycles. The van der Waals surface area contributed by atoms with Gasteiger partial charge in [0.1, 0.15) is 0 Å². The van der Waals surface area contributed by atoms with Gasteiger partial charge in [0.15, 0.2) is 0 Å². The Bertz CT molecular complexity index is 306. The fourth-order valence-electron chi connectivity index (χ4n) is 3.61. The molecule has 3 rings (SSSR count). The van der Waals surface area contributed by atoms with Crippen LogP contribution in [0.4, 0.5) is 0 Å². The summed E-state index contributed by atoms with van der Waals surface area (Å²) < 4.78 is 5.78. The van der Waals surface area contributed by atoms with Crippen molar-refractivity contribution in [1.29, 1.82) is 0 Å². The minimum Gasteiger partial charge on any atom is -0.378 e. The Morgan fingerprint density at radius 2 is 2.00 bits per heavy atom. The Morgan fingerprint density at radius 3 is 2.61 bits per heavy atom. The second-order valence-electron chi connectivity index (χ2n) is 6.39. The van der Waals surface area contributed by atoms with Crippen molar-refractivity contribution in [2.45, 2.75) is 63.9 Å². The van der Waals surface area contributed by atoms with E-state index in [1.807, 2.05) is 0 Å². The van der Waals surface area contributed by atoms with E-state index in [9.17, 15) is 4.79 Å². The Balaban J connectivity index is 1.23. The first-order valence-corrected chi connectivity index (χ1v) is 7.69. The van der Waals surface area contributed by atoms with Crippen LogP contribution in [0, 0.1) is 11.3 Å². The molecule has 3 aliphatic carbocycles. The topological polar surface area (TPSA) is 38.3 Å². The Morgan fingerprint density at radius 1 is 1.22 bits per heavy atom. The lowest BCUT2D eigenvalue weighted by Crippen LogP contribution is -2.30. The van der Waals surface area contributed by atoms with Crippen molar-refractivity contribution < 1.29 is 9.53 Å². The van der Waals surface area contributed by atoms with Crippen molar-refractivity contribution in [3.63, 3.8) is 0 Å². The number of ether oxygens (including phenoxy) is 1. The van der Waals surface area contributed by atoms with E-state index in [1.165, 1.54) is 44.9 Å². The van der Waals surface area contributed by atoms with Crippen molar-refractivity contribution in [3.05, 3.63) is 0 Å². The molecule has 0 aromatic carbocycles. The van der Waals surface area contributed by atoms with Gasteiger partial charge >= 0.3 is 0 Å². The van der Waals surface area contributed by atoms with Gasteiger partial charge in [0.05, 0.1) is 6.10 Å². The number of carbonyl (C=O) groups is 1. The number of amides is 1. The lowest BCUT2D eigenvalue weighted by atomic mass is 9.80. The quantitative estimate of drug-likeness (QED) is 0.737. The first-order chi connectivity index (χ1) is 8.80. The molecule has 3 aliphatic rings. The van der Waals surface area contributed by atoms with Gasteiger partial charge in [-0.1, -0.05) is 19.3 Å². The second-order valence-corrected chi connectivity index (χ2v) is 6.39. The molecule has 1 N–H and O–H groups in total. The van der Waals surface area contributed by atoms with Gasteiger partial charge in [-0.3, -0.25) is 4.79 Å². The van der Waals surface area contributed by atoms with Crippen LogP contribution in [0.1, 0.15) is 57.8 Å². The van der Waals surface area contributed by atoms with E-state index in [4.69, 9.17) is 4.74 Å². The van der Waals surface area contributed by atoms with E-state index >= 15 is 0 Å². The van der Waals surface area contributed by atoms with Crippen molar-refractivity contribution in [2.24, 2.45) is 11.3 Å². The highest BCUT2D eigenvalue weighted by Gasteiger charge is 2.60. The van der Waals surface area contributed by atoms with E-state index in [0.29, 0.717) is 23.3 Å². The predicted molar refractivity (Wildman–Crippen MR) is 70.2 cm³/mol. The zero-order valence-electron chi connectivity index (χ0n) is 11.2. The lowest BCUT2D eigenvalue weighted by Gasteiger charge is -2.26. The zero-order valence-corrected chi connectivity index (χ0v) is 11.2. The summed E-state index contributed by atoms with van der Waals surface area (Å²) in [5.41, 5.74) is 0.463. The number of nitrogens with one attached hydrogen (secondary N) is 1. The Labute approximate surface area is 110 Å². The standard InChI is InChI=1S/C15H25NO2/c17-14(13-11-15(13)7-3-8-15)16-9-4-10-18-12-5-1-2-6-12/h12-13H,1-11H2,(H,16,17)/t13-/m0/s1.